The quantitative estimate of drug-likeness (QED) is 0.780. The van der Waals surface area contributed by atoms with Crippen LogP contribution in [0, 0.1) is 0 Å². The summed E-state index contributed by atoms with van der Waals surface area (Å²) in [5.74, 6) is 0.460. The van der Waals surface area contributed by atoms with Crippen LogP contribution in [0.15, 0.2) is 42.6 Å². The van der Waals surface area contributed by atoms with E-state index in [1.54, 1.807) is 31.2 Å². The molecule has 1 aromatic carbocycles. The van der Waals surface area contributed by atoms with Crippen LogP contribution in [0.4, 0.5) is 13.2 Å². The Balaban J connectivity index is 2.10. The van der Waals surface area contributed by atoms with Crippen LogP contribution in [0.25, 0.3) is 0 Å². The van der Waals surface area contributed by atoms with E-state index in [2.05, 4.69) is 4.98 Å². The van der Waals surface area contributed by atoms with Gasteiger partial charge in [0, 0.05) is 24.2 Å². The zero-order valence-corrected chi connectivity index (χ0v) is 11.1. The smallest absolute Gasteiger partial charge is 0.417 e. The summed E-state index contributed by atoms with van der Waals surface area (Å²) in [6.07, 6.45) is -3.31. The normalized spacial score (nSPS) is 11.2. The molecule has 0 bridgehead atoms. The van der Waals surface area contributed by atoms with Crippen molar-refractivity contribution < 1.29 is 22.7 Å². The third-order valence-corrected chi connectivity index (χ3v) is 2.78. The summed E-state index contributed by atoms with van der Waals surface area (Å²) in [5.41, 5.74) is -0.274. The lowest BCUT2D eigenvalue weighted by Gasteiger charge is -2.08. The minimum absolute atomic E-state index is 0.00852. The van der Waals surface area contributed by atoms with E-state index >= 15 is 0 Å². The maximum Gasteiger partial charge on any atom is 0.417 e. The molecule has 0 fully saturated rings. The molecular weight excluding hydrogens is 283 g/mol. The lowest BCUT2D eigenvalue weighted by Crippen LogP contribution is -2.05. The molecule has 0 atom stereocenters. The Hall–Kier alpha value is -2.37. The first-order valence-electron chi connectivity index (χ1n) is 6.24. The number of Topliss-reactive ketones (excluding diaryl/α,β-unsaturated/α-hetero) is 1. The van der Waals surface area contributed by atoms with Gasteiger partial charge in [-0.15, -0.1) is 0 Å². The Labute approximate surface area is 119 Å². The molecule has 0 aliphatic heterocycles. The van der Waals surface area contributed by atoms with Crippen LogP contribution in [0.1, 0.15) is 29.3 Å². The lowest BCUT2D eigenvalue weighted by atomic mass is 10.1. The molecule has 0 spiro atoms. The molecule has 6 heteroatoms. The Morgan fingerprint density at radius 1 is 1.14 bits per heavy atom. The number of hydrogen-bond acceptors (Lipinski definition) is 3. The minimum atomic E-state index is -4.42. The number of pyridine rings is 1. The number of ether oxygens (including phenoxy) is 1. The number of halogens is 3. The Morgan fingerprint density at radius 2 is 1.81 bits per heavy atom. The number of rotatable bonds is 4. The minimum Gasteiger partial charge on any atom is -0.439 e. The van der Waals surface area contributed by atoms with E-state index in [9.17, 15) is 18.0 Å². The molecular formula is C15H12F3NO2. The van der Waals surface area contributed by atoms with Crippen molar-refractivity contribution in [2.75, 3.05) is 0 Å². The van der Waals surface area contributed by atoms with Gasteiger partial charge < -0.3 is 4.74 Å². The summed E-state index contributed by atoms with van der Waals surface area (Å²) in [6, 6.07) is 8.40. The molecule has 21 heavy (non-hydrogen) atoms. The van der Waals surface area contributed by atoms with Crippen LogP contribution in [0.2, 0.25) is 0 Å². The molecule has 0 N–H and O–H groups in total. The van der Waals surface area contributed by atoms with E-state index in [1.807, 2.05) is 0 Å². The molecule has 0 aliphatic rings. The zero-order chi connectivity index (χ0) is 15.5. The molecule has 0 saturated heterocycles. The van der Waals surface area contributed by atoms with Crippen molar-refractivity contribution in [3.8, 4) is 11.6 Å². The van der Waals surface area contributed by atoms with Crippen LogP contribution in [-0.2, 0) is 6.18 Å². The molecule has 0 saturated carbocycles. The molecule has 110 valence electrons. The maximum absolute atomic E-state index is 12.4. The highest BCUT2D eigenvalue weighted by Gasteiger charge is 2.30. The number of ketones is 1. The van der Waals surface area contributed by atoms with Crippen molar-refractivity contribution in [1.82, 2.24) is 4.98 Å². The Kier molecular flexibility index (Phi) is 4.26. The topological polar surface area (TPSA) is 39.2 Å². The van der Waals surface area contributed by atoms with E-state index in [0.717, 1.165) is 12.1 Å². The van der Waals surface area contributed by atoms with Crippen molar-refractivity contribution in [2.24, 2.45) is 0 Å². The first-order chi connectivity index (χ1) is 9.90. The molecule has 0 aliphatic carbocycles. The van der Waals surface area contributed by atoms with Crippen molar-refractivity contribution in [1.29, 1.82) is 0 Å². The standard InChI is InChI=1S/C15H12F3NO2/c1-2-13(20)10-3-6-12(7-4-10)21-14-8-5-11(9-19-14)15(16,17)18/h3-9H,2H2,1H3. The molecule has 0 unspecified atom stereocenters. The SMILES string of the molecule is CCC(=O)c1ccc(Oc2ccc(C(F)(F)F)cn2)cc1. The second kappa shape index (κ2) is 5.95. The number of nitrogens with zero attached hydrogens (tertiary/aromatic N) is 1. The number of aromatic nitrogens is 1. The van der Waals surface area contributed by atoms with Gasteiger partial charge in [-0.1, -0.05) is 6.92 Å². The Morgan fingerprint density at radius 3 is 2.29 bits per heavy atom. The molecule has 1 aromatic heterocycles. The highest BCUT2D eigenvalue weighted by Crippen LogP contribution is 2.30. The molecule has 2 aromatic rings. The molecule has 3 nitrogen and oxygen atoms in total. The summed E-state index contributed by atoms with van der Waals surface area (Å²) in [6.45, 7) is 1.76. The zero-order valence-electron chi connectivity index (χ0n) is 11.1. The molecule has 0 radical (unpaired) electrons. The van der Waals surface area contributed by atoms with Gasteiger partial charge in [0.15, 0.2) is 5.78 Å². The Bertz CT molecular complexity index is 619. The number of alkyl halides is 3. The van der Waals surface area contributed by atoms with Crippen molar-refractivity contribution in [3.05, 3.63) is 53.7 Å². The van der Waals surface area contributed by atoms with Gasteiger partial charge in [-0.3, -0.25) is 4.79 Å². The maximum atomic E-state index is 12.4. The predicted octanol–water partition coefficient (Wildman–Crippen LogP) is 4.49. The van der Waals surface area contributed by atoms with Crippen molar-refractivity contribution in [3.63, 3.8) is 0 Å². The van der Waals surface area contributed by atoms with E-state index in [-0.39, 0.29) is 11.7 Å². The van der Waals surface area contributed by atoms with E-state index < -0.39 is 11.7 Å². The van der Waals surface area contributed by atoms with Crippen LogP contribution in [-0.4, -0.2) is 10.8 Å². The molecule has 0 amide bonds. The third-order valence-electron chi connectivity index (χ3n) is 2.78. The van der Waals surface area contributed by atoms with Crippen molar-refractivity contribution in [2.45, 2.75) is 19.5 Å². The van der Waals surface area contributed by atoms with Gasteiger partial charge in [-0.25, -0.2) is 4.98 Å². The fourth-order valence-electron chi connectivity index (χ4n) is 1.64. The van der Waals surface area contributed by atoms with Gasteiger partial charge >= 0.3 is 6.18 Å². The fraction of sp³-hybridized carbons (Fsp3) is 0.200. The summed E-state index contributed by atoms with van der Waals surface area (Å²) in [7, 11) is 0. The highest BCUT2D eigenvalue weighted by molar-refractivity contribution is 5.95. The third kappa shape index (κ3) is 3.81. The lowest BCUT2D eigenvalue weighted by molar-refractivity contribution is -0.137. The second-order valence-corrected chi connectivity index (χ2v) is 4.29. The number of carbonyl (C=O) groups is 1. The summed E-state index contributed by atoms with van der Waals surface area (Å²) < 4.78 is 42.5. The number of hydrogen-bond donors (Lipinski definition) is 0. The second-order valence-electron chi connectivity index (χ2n) is 4.29. The van der Waals surface area contributed by atoms with Gasteiger partial charge in [0.2, 0.25) is 5.88 Å². The monoisotopic (exact) mass is 295 g/mol. The van der Waals surface area contributed by atoms with Crippen molar-refractivity contribution >= 4 is 5.78 Å². The molecule has 2 rings (SSSR count). The van der Waals surface area contributed by atoms with Crippen LogP contribution in [0.5, 0.6) is 11.6 Å². The van der Waals surface area contributed by atoms with Gasteiger partial charge in [-0.05, 0) is 30.3 Å². The summed E-state index contributed by atoms with van der Waals surface area (Å²) in [5, 5.41) is 0. The molecule has 1 heterocycles. The average molecular weight is 295 g/mol. The van der Waals surface area contributed by atoms with Gasteiger partial charge in [0.25, 0.3) is 0 Å². The summed E-state index contributed by atoms with van der Waals surface area (Å²) >= 11 is 0. The predicted molar refractivity (Wildman–Crippen MR) is 70.4 cm³/mol. The average Bonchev–Trinajstić information content (AvgIpc) is 2.47. The van der Waals surface area contributed by atoms with E-state index in [0.29, 0.717) is 23.9 Å². The fourth-order valence-corrected chi connectivity index (χ4v) is 1.64. The van der Waals surface area contributed by atoms with Gasteiger partial charge in [-0.2, -0.15) is 13.2 Å². The number of carbonyl (C=O) groups excluding carboxylic acids is 1. The van der Waals surface area contributed by atoms with Crippen LogP contribution < -0.4 is 4.74 Å². The number of benzene rings is 1. The highest BCUT2D eigenvalue weighted by atomic mass is 19.4. The summed E-state index contributed by atoms with van der Waals surface area (Å²) in [4.78, 5) is 15.1. The van der Waals surface area contributed by atoms with E-state index in [1.165, 1.54) is 0 Å². The van der Waals surface area contributed by atoms with Gasteiger partial charge in [0.1, 0.15) is 5.75 Å². The largest absolute Gasteiger partial charge is 0.439 e. The first kappa shape index (κ1) is 15.0. The first-order valence-corrected chi connectivity index (χ1v) is 6.24. The van der Waals surface area contributed by atoms with E-state index in [4.69, 9.17) is 4.74 Å². The van der Waals surface area contributed by atoms with Crippen LogP contribution in [0.3, 0.4) is 0 Å². The van der Waals surface area contributed by atoms with Crippen LogP contribution >= 0.6 is 0 Å². The van der Waals surface area contributed by atoms with Gasteiger partial charge in [0.05, 0.1) is 5.56 Å².